The highest BCUT2D eigenvalue weighted by atomic mass is 32.1. The first-order valence-corrected chi connectivity index (χ1v) is 10.8. The molecule has 156 valence electrons. The van der Waals surface area contributed by atoms with Crippen molar-refractivity contribution in [2.24, 2.45) is 0 Å². The minimum atomic E-state index is 0.0312. The van der Waals surface area contributed by atoms with Crippen LogP contribution in [0.15, 0.2) is 30.7 Å². The van der Waals surface area contributed by atoms with E-state index >= 15 is 0 Å². The number of hydrogen-bond acceptors (Lipinski definition) is 9. The van der Waals surface area contributed by atoms with Gasteiger partial charge in [-0.3, -0.25) is 4.79 Å². The van der Waals surface area contributed by atoms with E-state index in [9.17, 15) is 4.79 Å². The Morgan fingerprint density at radius 3 is 2.70 bits per heavy atom. The molecule has 30 heavy (non-hydrogen) atoms. The van der Waals surface area contributed by atoms with Crippen LogP contribution in [0, 0.1) is 6.92 Å². The van der Waals surface area contributed by atoms with E-state index in [4.69, 9.17) is 0 Å². The van der Waals surface area contributed by atoms with E-state index in [0.29, 0.717) is 36.9 Å². The number of carbonyl (C=O) groups excluding carboxylic acids is 1. The number of rotatable bonds is 6. The second kappa shape index (κ2) is 9.12. The third kappa shape index (κ3) is 4.54. The Hall–Kier alpha value is -3.14. The monoisotopic (exact) mass is 424 g/mol. The molecular formula is C20H24N8OS. The number of aromatic nitrogens is 5. The van der Waals surface area contributed by atoms with Crippen molar-refractivity contribution < 1.29 is 4.79 Å². The molecule has 1 fully saturated rings. The molecule has 0 unspecified atom stereocenters. The number of amides is 1. The van der Waals surface area contributed by atoms with Crippen LogP contribution in [0.1, 0.15) is 34.3 Å². The van der Waals surface area contributed by atoms with Crippen LogP contribution in [0.5, 0.6) is 0 Å². The van der Waals surface area contributed by atoms with Crippen LogP contribution in [-0.4, -0.2) is 61.5 Å². The van der Waals surface area contributed by atoms with E-state index in [2.05, 4.69) is 41.7 Å². The molecule has 0 radical (unpaired) electrons. The maximum Gasteiger partial charge on any atom is 0.267 e. The molecule has 0 spiro atoms. The van der Waals surface area contributed by atoms with Gasteiger partial charge in [0.15, 0.2) is 0 Å². The molecule has 0 atom stereocenters. The Labute approximate surface area is 179 Å². The summed E-state index contributed by atoms with van der Waals surface area (Å²) >= 11 is 1.19. The molecule has 1 aliphatic heterocycles. The molecule has 1 aliphatic rings. The van der Waals surface area contributed by atoms with E-state index in [1.807, 2.05) is 30.0 Å². The molecule has 1 N–H and O–H groups in total. The quantitative estimate of drug-likeness (QED) is 0.645. The number of nitrogens with one attached hydrogen (secondary N) is 1. The predicted molar refractivity (Wildman–Crippen MR) is 116 cm³/mol. The van der Waals surface area contributed by atoms with Crippen LogP contribution >= 0.6 is 11.5 Å². The van der Waals surface area contributed by atoms with Gasteiger partial charge in [0.1, 0.15) is 28.7 Å². The van der Waals surface area contributed by atoms with Crippen molar-refractivity contribution in [2.45, 2.75) is 26.7 Å². The number of piperazine rings is 1. The fourth-order valence-corrected chi connectivity index (χ4v) is 4.05. The van der Waals surface area contributed by atoms with Gasteiger partial charge in [-0.1, -0.05) is 17.8 Å². The van der Waals surface area contributed by atoms with E-state index < -0.39 is 0 Å². The number of anilines is 3. The fraction of sp³-hybridized carbons (Fsp3) is 0.400. The number of hydrogen-bond donors (Lipinski definition) is 1. The van der Waals surface area contributed by atoms with Crippen LogP contribution in [-0.2, 0) is 6.42 Å². The number of aryl methyl sites for hydroxylation is 2. The zero-order valence-corrected chi connectivity index (χ0v) is 17.9. The van der Waals surface area contributed by atoms with Gasteiger partial charge in [-0.2, -0.15) is 0 Å². The van der Waals surface area contributed by atoms with Crippen molar-refractivity contribution in [3.63, 3.8) is 0 Å². The van der Waals surface area contributed by atoms with Gasteiger partial charge in [-0.15, -0.1) is 5.10 Å². The molecule has 0 aliphatic carbocycles. The molecule has 1 amide bonds. The van der Waals surface area contributed by atoms with Gasteiger partial charge in [0.2, 0.25) is 0 Å². The van der Waals surface area contributed by atoms with Gasteiger partial charge in [-0.05, 0) is 42.6 Å². The molecule has 10 heteroatoms. The van der Waals surface area contributed by atoms with Crippen molar-refractivity contribution in [1.82, 2.24) is 29.4 Å². The lowest BCUT2D eigenvalue weighted by atomic mass is 10.2. The lowest BCUT2D eigenvalue weighted by molar-refractivity contribution is 0.0750. The maximum atomic E-state index is 12.9. The Kier molecular flexibility index (Phi) is 6.12. The zero-order valence-electron chi connectivity index (χ0n) is 17.1. The summed E-state index contributed by atoms with van der Waals surface area (Å²) in [5.41, 5.74) is 1.94. The van der Waals surface area contributed by atoms with Gasteiger partial charge >= 0.3 is 0 Å². The van der Waals surface area contributed by atoms with Crippen LogP contribution in [0.4, 0.5) is 17.5 Å². The van der Waals surface area contributed by atoms with Crippen molar-refractivity contribution >= 4 is 34.9 Å². The van der Waals surface area contributed by atoms with Gasteiger partial charge in [0, 0.05) is 38.4 Å². The zero-order chi connectivity index (χ0) is 20.9. The Morgan fingerprint density at radius 1 is 1.13 bits per heavy atom. The molecule has 4 rings (SSSR count). The van der Waals surface area contributed by atoms with Crippen molar-refractivity contribution in [3.8, 4) is 0 Å². The van der Waals surface area contributed by atoms with Crippen LogP contribution in [0.2, 0.25) is 0 Å². The summed E-state index contributed by atoms with van der Waals surface area (Å²) in [4.78, 5) is 30.6. The smallest absolute Gasteiger partial charge is 0.267 e. The summed E-state index contributed by atoms with van der Waals surface area (Å²) in [5.74, 6) is 2.30. The third-order valence-electron chi connectivity index (χ3n) is 4.95. The van der Waals surface area contributed by atoms with Gasteiger partial charge in [-0.25, -0.2) is 15.0 Å². The standard InChI is InChI=1S/C20H24N8OS/c1-3-4-15-19(30-26-25-15)20(29)28-9-7-27(8-10-28)18-12-17(22-13-23-18)24-16-11-14(2)5-6-21-16/h5-6,11-13H,3-4,7-10H2,1-2H3,(H,21,22,23,24). The predicted octanol–water partition coefficient (Wildman–Crippen LogP) is 2.69. The molecule has 3 aromatic heterocycles. The molecule has 0 saturated carbocycles. The first kappa shape index (κ1) is 20.1. The van der Waals surface area contributed by atoms with Crippen LogP contribution in [0.25, 0.3) is 0 Å². The second-order valence-corrected chi connectivity index (χ2v) is 7.94. The van der Waals surface area contributed by atoms with Gasteiger partial charge in [0.05, 0.1) is 5.69 Å². The summed E-state index contributed by atoms with van der Waals surface area (Å²) in [6.07, 6.45) is 5.04. The van der Waals surface area contributed by atoms with E-state index in [0.717, 1.165) is 35.7 Å². The summed E-state index contributed by atoms with van der Waals surface area (Å²) in [5, 5.41) is 7.34. The Bertz CT molecular complexity index is 1020. The molecule has 0 bridgehead atoms. The number of carbonyl (C=O) groups is 1. The maximum absolute atomic E-state index is 12.9. The molecule has 4 heterocycles. The lowest BCUT2D eigenvalue weighted by Gasteiger charge is -2.35. The van der Waals surface area contributed by atoms with Crippen molar-refractivity contribution in [1.29, 1.82) is 0 Å². The molecule has 1 saturated heterocycles. The molecule has 3 aromatic rings. The average Bonchev–Trinajstić information content (AvgIpc) is 3.22. The fourth-order valence-electron chi connectivity index (χ4n) is 3.38. The Morgan fingerprint density at radius 2 is 1.93 bits per heavy atom. The van der Waals surface area contributed by atoms with E-state index in [1.54, 1.807) is 12.5 Å². The topological polar surface area (TPSA) is 100 Å². The number of pyridine rings is 1. The highest BCUT2D eigenvalue weighted by Gasteiger charge is 2.26. The Balaban J connectivity index is 1.39. The molecule has 0 aromatic carbocycles. The van der Waals surface area contributed by atoms with Gasteiger partial charge in [0.25, 0.3) is 5.91 Å². The number of nitrogens with zero attached hydrogens (tertiary/aromatic N) is 7. The molecular weight excluding hydrogens is 400 g/mol. The first-order chi connectivity index (χ1) is 14.6. The van der Waals surface area contributed by atoms with Crippen molar-refractivity contribution in [2.75, 3.05) is 36.4 Å². The third-order valence-corrected chi connectivity index (χ3v) is 5.71. The first-order valence-electron chi connectivity index (χ1n) is 10.0. The summed E-state index contributed by atoms with van der Waals surface area (Å²) in [6, 6.07) is 5.83. The second-order valence-electron chi connectivity index (χ2n) is 7.18. The summed E-state index contributed by atoms with van der Waals surface area (Å²) in [6.45, 7) is 6.78. The highest BCUT2D eigenvalue weighted by Crippen LogP contribution is 2.21. The van der Waals surface area contributed by atoms with E-state index in [1.165, 1.54) is 11.5 Å². The minimum absolute atomic E-state index is 0.0312. The van der Waals surface area contributed by atoms with Crippen LogP contribution in [0.3, 0.4) is 0 Å². The van der Waals surface area contributed by atoms with Gasteiger partial charge < -0.3 is 15.1 Å². The minimum Gasteiger partial charge on any atom is -0.353 e. The summed E-state index contributed by atoms with van der Waals surface area (Å²) in [7, 11) is 0. The van der Waals surface area contributed by atoms with E-state index in [-0.39, 0.29) is 5.91 Å². The SMILES string of the molecule is CCCc1nnsc1C(=O)N1CCN(c2cc(Nc3cc(C)ccn3)ncn2)CC1. The normalized spacial score (nSPS) is 14.1. The lowest BCUT2D eigenvalue weighted by Crippen LogP contribution is -2.49. The van der Waals surface area contributed by atoms with Crippen molar-refractivity contribution in [3.05, 3.63) is 46.9 Å². The highest BCUT2D eigenvalue weighted by molar-refractivity contribution is 7.08. The molecule has 9 nitrogen and oxygen atoms in total. The van der Waals surface area contributed by atoms with Crippen LogP contribution < -0.4 is 10.2 Å². The summed E-state index contributed by atoms with van der Waals surface area (Å²) < 4.78 is 3.97. The largest absolute Gasteiger partial charge is 0.353 e. The average molecular weight is 425 g/mol.